The van der Waals surface area contributed by atoms with Crippen molar-refractivity contribution >= 4 is 55.1 Å². The lowest BCUT2D eigenvalue weighted by Crippen LogP contribution is -2.10. The van der Waals surface area contributed by atoms with E-state index in [9.17, 15) is 18.0 Å². The molecule has 0 aliphatic heterocycles. The fourth-order valence-corrected chi connectivity index (χ4v) is 4.49. The fourth-order valence-electron chi connectivity index (χ4n) is 3.93. The van der Waals surface area contributed by atoms with Crippen LogP contribution >= 0.6 is 0 Å². The highest BCUT2D eigenvalue weighted by molar-refractivity contribution is 7.92. The minimum atomic E-state index is -3.43. The second-order valence-corrected chi connectivity index (χ2v) is 9.90. The predicted molar refractivity (Wildman–Crippen MR) is 145 cm³/mol. The third-order valence-electron chi connectivity index (χ3n) is 5.52. The van der Waals surface area contributed by atoms with Gasteiger partial charge in [-0.2, -0.15) is 0 Å². The monoisotopic (exact) mass is 546 g/mol. The Bertz CT molecular complexity index is 1600. The Morgan fingerprint density at radius 3 is 2.24 bits per heavy atom. The number of nitrogens with one attached hydrogen (secondary N) is 2. The molecule has 2 aromatic carbocycles. The number of methoxy groups -OCH3 is 2. The van der Waals surface area contributed by atoms with Gasteiger partial charge in [-0.3, -0.25) is 4.72 Å². The fraction of sp³-hybridized carbons (Fsp3) is 0.280. The summed E-state index contributed by atoms with van der Waals surface area (Å²) in [7, 11) is -0.460. The van der Waals surface area contributed by atoms with Crippen molar-refractivity contribution in [1.82, 2.24) is 9.55 Å². The Hall–Kier alpha value is -4.39. The maximum atomic E-state index is 11.7. The number of aromatic amines is 1. The number of benzene rings is 2. The zero-order valence-corrected chi connectivity index (χ0v) is 22.4. The van der Waals surface area contributed by atoms with Crippen molar-refractivity contribution in [2.75, 3.05) is 37.5 Å². The number of hydrogen-bond donors (Lipinski definition) is 4. The summed E-state index contributed by atoms with van der Waals surface area (Å²) in [4.78, 5) is 25.7. The van der Waals surface area contributed by atoms with E-state index in [1.165, 1.54) is 14.2 Å². The summed E-state index contributed by atoms with van der Waals surface area (Å²) < 4.78 is 42.0. The summed E-state index contributed by atoms with van der Waals surface area (Å²) >= 11 is 0. The molecule has 0 radical (unpaired) electrons. The van der Waals surface area contributed by atoms with Gasteiger partial charge < -0.3 is 34.6 Å². The molecule has 0 bridgehead atoms. The number of hydrogen-bond acceptors (Lipinski definition) is 8. The number of carbonyl (C=O) groups excluding carboxylic acids is 1. The number of carbonyl (C=O) groups is 2. The Labute approximate surface area is 219 Å². The highest BCUT2D eigenvalue weighted by atomic mass is 32.2. The van der Waals surface area contributed by atoms with Crippen LogP contribution in [0, 0.1) is 0 Å². The number of aromatic carboxylic acids is 1. The first-order chi connectivity index (χ1) is 17.9. The van der Waals surface area contributed by atoms with Crippen molar-refractivity contribution in [3.05, 3.63) is 47.8 Å². The average molecular weight is 547 g/mol. The first-order valence-electron chi connectivity index (χ1n) is 11.5. The molecule has 4 rings (SSSR count). The number of H-pyrrole nitrogens is 1. The molecule has 204 valence electrons. The van der Waals surface area contributed by atoms with Crippen LogP contribution in [0.25, 0.3) is 21.8 Å². The lowest BCUT2D eigenvalue weighted by molar-refractivity contribution is 0.0520. The molecule has 12 nitrogen and oxygen atoms in total. The number of nitrogens with zero attached hydrogens (tertiary/aromatic N) is 1. The highest BCUT2D eigenvalue weighted by Crippen LogP contribution is 2.32. The minimum absolute atomic E-state index is 0.259. The van der Waals surface area contributed by atoms with Crippen molar-refractivity contribution in [1.29, 1.82) is 0 Å². The van der Waals surface area contributed by atoms with Crippen LogP contribution in [0.1, 0.15) is 34.8 Å². The van der Waals surface area contributed by atoms with Crippen LogP contribution in [-0.2, 0) is 21.3 Å². The number of anilines is 2. The number of fused-ring (bicyclic) bond motifs is 2. The van der Waals surface area contributed by atoms with Gasteiger partial charge in [0.15, 0.2) is 0 Å². The molecule has 4 aromatic rings. The second-order valence-electron chi connectivity index (χ2n) is 8.15. The molecule has 0 aliphatic carbocycles. The third-order valence-corrected chi connectivity index (χ3v) is 6.11. The van der Waals surface area contributed by atoms with Gasteiger partial charge in [0, 0.05) is 22.8 Å². The van der Waals surface area contributed by atoms with Gasteiger partial charge in [-0.1, -0.05) is 0 Å². The quantitative estimate of drug-likeness (QED) is 0.190. The topological polar surface area (TPSA) is 175 Å². The molecule has 0 amide bonds. The first-order valence-corrected chi connectivity index (χ1v) is 13.4. The number of aromatic nitrogens is 2. The molecule has 5 N–H and O–H groups in total. The lowest BCUT2D eigenvalue weighted by atomic mass is 10.2. The van der Waals surface area contributed by atoms with E-state index in [0.717, 1.165) is 17.2 Å². The maximum Gasteiger partial charge on any atom is 0.354 e. The van der Waals surface area contributed by atoms with Gasteiger partial charge in [0.2, 0.25) is 10.0 Å². The van der Waals surface area contributed by atoms with Crippen molar-refractivity contribution in [2.45, 2.75) is 20.4 Å². The number of aryl methyl sites for hydroxylation is 1. The van der Waals surface area contributed by atoms with E-state index in [0.29, 0.717) is 46.0 Å². The number of nitrogens with two attached hydrogens (primary N) is 1. The standard InChI is InChI=1S/C13H16N2O5S.C12H14N2O3/c1-4-20-13(16)11-5-8-6-12(19-2)10(7-9(8)14-11)15-21(3,17)18;1-3-14-9-6-8(13)11(17-2)5-7(9)4-10(14)12(15)16/h5-7,14-15H,4H2,1-3H3;4-6H,3,13H2,1-2H3,(H,15,16). The zero-order valence-electron chi connectivity index (χ0n) is 21.6. The lowest BCUT2D eigenvalue weighted by Gasteiger charge is -2.09. The molecule has 0 spiro atoms. The largest absolute Gasteiger partial charge is 0.495 e. The average Bonchev–Trinajstić information content (AvgIpc) is 3.43. The molecular formula is C25H30N4O8S. The molecule has 0 aliphatic rings. The first kappa shape index (κ1) is 28.2. The van der Waals surface area contributed by atoms with E-state index in [4.69, 9.17) is 25.1 Å². The van der Waals surface area contributed by atoms with Crippen LogP contribution in [0.5, 0.6) is 11.5 Å². The van der Waals surface area contributed by atoms with Crippen molar-refractivity contribution in [3.63, 3.8) is 0 Å². The third kappa shape index (κ3) is 6.11. The Balaban J connectivity index is 0.000000215. The van der Waals surface area contributed by atoms with E-state index < -0.39 is 22.0 Å². The Morgan fingerprint density at radius 1 is 1.03 bits per heavy atom. The van der Waals surface area contributed by atoms with E-state index >= 15 is 0 Å². The second kappa shape index (κ2) is 11.3. The van der Waals surface area contributed by atoms with Crippen LogP contribution in [-0.4, -0.2) is 62.1 Å². The molecule has 2 aromatic heterocycles. The van der Waals surface area contributed by atoms with E-state index in [1.54, 1.807) is 47.9 Å². The van der Waals surface area contributed by atoms with Gasteiger partial charge in [0.25, 0.3) is 0 Å². The number of sulfonamides is 1. The van der Waals surface area contributed by atoms with Crippen molar-refractivity contribution in [3.8, 4) is 11.5 Å². The summed E-state index contributed by atoms with van der Waals surface area (Å²) in [6, 6.07) is 9.95. The number of ether oxygens (including phenoxy) is 3. The summed E-state index contributed by atoms with van der Waals surface area (Å²) in [5.74, 6) is -0.490. The van der Waals surface area contributed by atoms with Crippen LogP contribution in [0.4, 0.5) is 11.4 Å². The van der Waals surface area contributed by atoms with Gasteiger partial charge in [-0.25, -0.2) is 18.0 Å². The van der Waals surface area contributed by atoms with Gasteiger partial charge in [0.1, 0.15) is 22.9 Å². The number of nitrogen functional groups attached to an aromatic ring is 1. The molecule has 2 heterocycles. The van der Waals surface area contributed by atoms with E-state index in [1.807, 2.05) is 6.92 Å². The molecule has 0 unspecified atom stereocenters. The highest BCUT2D eigenvalue weighted by Gasteiger charge is 2.16. The molecule has 13 heteroatoms. The number of carboxylic acid groups (broad SMARTS) is 1. The number of rotatable bonds is 8. The van der Waals surface area contributed by atoms with E-state index in [-0.39, 0.29) is 12.3 Å². The summed E-state index contributed by atoms with van der Waals surface area (Å²) in [5, 5.41) is 10.6. The van der Waals surface area contributed by atoms with Crippen molar-refractivity contribution < 1.29 is 37.3 Å². The Kier molecular flexibility index (Phi) is 8.41. The molecular weight excluding hydrogens is 516 g/mol. The smallest absolute Gasteiger partial charge is 0.354 e. The molecule has 0 saturated carbocycles. The summed E-state index contributed by atoms with van der Waals surface area (Å²) in [6.07, 6.45) is 1.05. The van der Waals surface area contributed by atoms with Gasteiger partial charge in [0.05, 0.1) is 44.0 Å². The maximum absolute atomic E-state index is 11.7. The van der Waals surface area contributed by atoms with Gasteiger partial charge in [-0.05, 0) is 50.2 Å². The van der Waals surface area contributed by atoms with Crippen LogP contribution < -0.4 is 19.9 Å². The van der Waals surface area contributed by atoms with E-state index in [2.05, 4.69) is 9.71 Å². The molecule has 0 fully saturated rings. The van der Waals surface area contributed by atoms with Gasteiger partial charge in [-0.15, -0.1) is 0 Å². The van der Waals surface area contributed by atoms with Crippen LogP contribution in [0.2, 0.25) is 0 Å². The number of esters is 1. The van der Waals surface area contributed by atoms with Crippen molar-refractivity contribution in [2.24, 2.45) is 0 Å². The van der Waals surface area contributed by atoms with Gasteiger partial charge >= 0.3 is 11.9 Å². The molecule has 0 atom stereocenters. The zero-order chi connectivity index (χ0) is 28.2. The normalized spacial score (nSPS) is 11.1. The van der Waals surface area contributed by atoms with Crippen LogP contribution in [0.3, 0.4) is 0 Å². The summed E-state index contributed by atoms with van der Waals surface area (Å²) in [6.45, 7) is 4.47. The predicted octanol–water partition coefficient (Wildman–Crippen LogP) is 3.67. The number of carboxylic acids is 1. The Morgan fingerprint density at radius 2 is 1.68 bits per heavy atom. The SMILES string of the molecule is CCOC(=O)c1cc2cc(OC)c(NS(C)(=O)=O)cc2[nH]1.CCn1c(C(=O)O)cc2cc(OC)c(N)cc21. The molecule has 0 saturated heterocycles. The minimum Gasteiger partial charge on any atom is -0.495 e. The summed E-state index contributed by atoms with van der Waals surface area (Å²) in [5.41, 5.74) is 8.59. The van der Waals surface area contributed by atoms with Crippen LogP contribution in [0.15, 0.2) is 36.4 Å². The molecule has 38 heavy (non-hydrogen) atoms.